The number of aromatic nitrogens is 1. The Morgan fingerprint density at radius 3 is 2.76 bits per heavy atom. The Hall–Kier alpha value is -1.48. The van der Waals surface area contributed by atoms with Gasteiger partial charge < -0.3 is 5.43 Å². The van der Waals surface area contributed by atoms with E-state index in [1.165, 1.54) is 29.7 Å². The van der Waals surface area contributed by atoms with Crippen LogP contribution in [0.4, 0.5) is 5.82 Å². The van der Waals surface area contributed by atoms with Gasteiger partial charge in [0.25, 0.3) is 0 Å². The Kier molecular flexibility index (Phi) is 4.94. The van der Waals surface area contributed by atoms with E-state index in [0.29, 0.717) is 5.82 Å². The van der Waals surface area contributed by atoms with Gasteiger partial charge in [0.05, 0.1) is 4.90 Å². The largest absolute Gasteiger partial charge is 0.308 e. The molecule has 0 aliphatic heterocycles. The lowest BCUT2D eigenvalue weighted by molar-refractivity contribution is 0.466. The lowest BCUT2D eigenvalue weighted by Gasteiger charge is -2.17. The lowest BCUT2D eigenvalue weighted by Crippen LogP contribution is -2.26. The molecule has 0 saturated heterocycles. The maximum atomic E-state index is 12.5. The number of nitrogen functional groups attached to an aromatic ring is 1. The van der Waals surface area contributed by atoms with Crippen LogP contribution >= 0.6 is 15.9 Å². The number of pyridine rings is 1. The highest BCUT2D eigenvalue weighted by Gasteiger charge is 2.21. The van der Waals surface area contributed by atoms with Gasteiger partial charge in [-0.05, 0) is 23.8 Å². The fourth-order valence-corrected chi connectivity index (χ4v) is 3.43. The first-order valence-electron chi connectivity index (χ1n) is 6.07. The second-order valence-electron chi connectivity index (χ2n) is 4.41. The Bertz CT molecular complexity index is 736. The fraction of sp³-hybridized carbons (Fsp3) is 0.154. The summed E-state index contributed by atoms with van der Waals surface area (Å²) in [4.78, 5) is 4.04. The Labute approximate surface area is 132 Å². The average Bonchev–Trinajstić information content (AvgIpc) is 2.47. The number of nitrogens with one attached hydrogen (secondary N) is 1. The van der Waals surface area contributed by atoms with Gasteiger partial charge in [-0.3, -0.25) is 0 Å². The molecule has 0 aliphatic carbocycles. The first-order chi connectivity index (χ1) is 9.93. The van der Waals surface area contributed by atoms with Crippen LogP contribution in [0.1, 0.15) is 5.56 Å². The highest BCUT2D eigenvalue weighted by molar-refractivity contribution is 9.10. The summed E-state index contributed by atoms with van der Waals surface area (Å²) in [7, 11) is -2.07. The van der Waals surface area contributed by atoms with Gasteiger partial charge in [-0.1, -0.05) is 28.1 Å². The van der Waals surface area contributed by atoms with Gasteiger partial charge in [-0.25, -0.2) is 19.2 Å². The van der Waals surface area contributed by atoms with Crippen molar-refractivity contribution in [2.75, 3.05) is 12.5 Å². The van der Waals surface area contributed by atoms with Crippen LogP contribution in [0.2, 0.25) is 0 Å². The number of hydrogen-bond donors (Lipinski definition) is 2. The Balaban J connectivity index is 2.26. The third kappa shape index (κ3) is 3.79. The second kappa shape index (κ2) is 6.52. The third-order valence-corrected chi connectivity index (χ3v) is 5.17. The monoisotopic (exact) mass is 370 g/mol. The van der Waals surface area contributed by atoms with E-state index in [0.717, 1.165) is 10.0 Å². The maximum absolute atomic E-state index is 12.5. The molecule has 0 saturated carbocycles. The fourth-order valence-electron chi connectivity index (χ4n) is 1.81. The predicted molar refractivity (Wildman–Crippen MR) is 84.8 cm³/mol. The van der Waals surface area contributed by atoms with E-state index >= 15 is 0 Å². The third-order valence-electron chi connectivity index (χ3n) is 2.88. The van der Waals surface area contributed by atoms with Crippen LogP contribution in [0.25, 0.3) is 0 Å². The molecular weight excluding hydrogens is 356 g/mol. The summed E-state index contributed by atoms with van der Waals surface area (Å²) in [6.45, 7) is 0.273. The summed E-state index contributed by atoms with van der Waals surface area (Å²) in [5, 5.41) is 0. The van der Waals surface area contributed by atoms with Crippen LogP contribution in [0.3, 0.4) is 0 Å². The maximum Gasteiger partial charge on any atom is 0.243 e. The van der Waals surface area contributed by atoms with E-state index in [4.69, 9.17) is 5.84 Å². The van der Waals surface area contributed by atoms with Crippen molar-refractivity contribution in [1.29, 1.82) is 0 Å². The van der Waals surface area contributed by atoms with Crippen LogP contribution in [0.5, 0.6) is 0 Å². The minimum atomic E-state index is -3.60. The zero-order valence-electron chi connectivity index (χ0n) is 11.3. The van der Waals surface area contributed by atoms with Crippen molar-refractivity contribution in [2.45, 2.75) is 11.4 Å². The molecule has 1 aromatic heterocycles. The molecule has 1 heterocycles. The van der Waals surface area contributed by atoms with Crippen LogP contribution in [-0.4, -0.2) is 24.8 Å². The number of sulfonamides is 1. The SMILES string of the molecule is CN(Cc1cccc(Br)c1)S(=O)(=O)c1ccnc(NN)c1. The molecule has 0 radical (unpaired) electrons. The van der Waals surface area contributed by atoms with Crippen molar-refractivity contribution < 1.29 is 8.42 Å². The smallest absolute Gasteiger partial charge is 0.243 e. The molecule has 0 bridgehead atoms. The molecule has 0 unspecified atom stereocenters. The van der Waals surface area contributed by atoms with Crippen LogP contribution < -0.4 is 11.3 Å². The normalized spacial score (nSPS) is 11.6. The first kappa shape index (κ1) is 15.9. The topological polar surface area (TPSA) is 88.3 Å². The lowest BCUT2D eigenvalue weighted by atomic mass is 10.2. The number of nitrogens with two attached hydrogens (primary N) is 1. The van der Waals surface area contributed by atoms with Crippen molar-refractivity contribution in [3.63, 3.8) is 0 Å². The number of rotatable bonds is 5. The number of hydrazine groups is 1. The molecule has 2 aromatic rings. The Morgan fingerprint density at radius 2 is 2.10 bits per heavy atom. The predicted octanol–water partition coefficient (Wildman–Crippen LogP) is 1.95. The molecule has 6 nitrogen and oxygen atoms in total. The number of nitrogens with zero attached hydrogens (tertiary/aromatic N) is 2. The van der Waals surface area contributed by atoms with E-state index in [2.05, 4.69) is 26.3 Å². The van der Waals surface area contributed by atoms with Crippen molar-refractivity contribution in [3.05, 3.63) is 52.6 Å². The van der Waals surface area contributed by atoms with Crippen LogP contribution in [0.15, 0.2) is 52.0 Å². The number of hydrogen-bond acceptors (Lipinski definition) is 5. The highest BCUT2D eigenvalue weighted by atomic mass is 79.9. The zero-order chi connectivity index (χ0) is 15.5. The molecular formula is C13H15BrN4O2S. The molecule has 0 amide bonds. The quantitative estimate of drug-likeness (QED) is 0.620. The molecule has 3 N–H and O–H groups in total. The molecule has 112 valence electrons. The highest BCUT2D eigenvalue weighted by Crippen LogP contribution is 2.19. The van der Waals surface area contributed by atoms with Gasteiger partial charge in [-0.15, -0.1) is 0 Å². The summed E-state index contributed by atoms with van der Waals surface area (Å²) < 4.78 is 27.2. The summed E-state index contributed by atoms with van der Waals surface area (Å²) in [6.07, 6.45) is 1.40. The summed E-state index contributed by atoms with van der Waals surface area (Å²) in [6, 6.07) is 10.3. The van der Waals surface area contributed by atoms with Gasteiger partial charge in [0.15, 0.2) is 0 Å². The molecule has 8 heteroatoms. The number of anilines is 1. The number of halogens is 1. The zero-order valence-corrected chi connectivity index (χ0v) is 13.7. The van der Waals surface area contributed by atoms with Gasteiger partial charge >= 0.3 is 0 Å². The minimum absolute atomic E-state index is 0.142. The van der Waals surface area contributed by atoms with E-state index in [1.807, 2.05) is 24.3 Å². The molecule has 0 fully saturated rings. The summed E-state index contributed by atoms with van der Waals surface area (Å²) >= 11 is 3.37. The summed E-state index contributed by atoms with van der Waals surface area (Å²) in [5.74, 6) is 5.55. The van der Waals surface area contributed by atoms with Crippen LogP contribution in [-0.2, 0) is 16.6 Å². The average molecular weight is 371 g/mol. The van der Waals surface area contributed by atoms with Crippen molar-refractivity contribution in [3.8, 4) is 0 Å². The molecule has 21 heavy (non-hydrogen) atoms. The van der Waals surface area contributed by atoms with Crippen molar-refractivity contribution in [2.24, 2.45) is 5.84 Å². The van der Waals surface area contributed by atoms with Gasteiger partial charge in [0.2, 0.25) is 10.0 Å². The van der Waals surface area contributed by atoms with E-state index < -0.39 is 10.0 Å². The molecule has 1 aromatic carbocycles. The van der Waals surface area contributed by atoms with E-state index in [1.54, 1.807) is 0 Å². The van der Waals surface area contributed by atoms with E-state index in [-0.39, 0.29) is 11.4 Å². The molecule has 0 atom stereocenters. The summed E-state index contributed by atoms with van der Waals surface area (Å²) in [5.41, 5.74) is 3.23. The van der Waals surface area contributed by atoms with Gasteiger partial charge in [0.1, 0.15) is 5.82 Å². The minimum Gasteiger partial charge on any atom is -0.308 e. The Morgan fingerprint density at radius 1 is 1.33 bits per heavy atom. The number of benzene rings is 1. The van der Waals surface area contributed by atoms with Gasteiger partial charge in [0, 0.05) is 30.3 Å². The molecule has 0 spiro atoms. The molecule has 2 rings (SSSR count). The first-order valence-corrected chi connectivity index (χ1v) is 8.30. The standard InChI is InChI=1S/C13H15BrN4O2S/c1-18(9-10-3-2-4-11(14)7-10)21(19,20)12-5-6-16-13(8-12)17-15/h2-8H,9,15H2,1H3,(H,16,17). The van der Waals surface area contributed by atoms with Gasteiger partial charge in [-0.2, -0.15) is 4.31 Å². The van der Waals surface area contributed by atoms with E-state index in [9.17, 15) is 8.42 Å². The van der Waals surface area contributed by atoms with Crippen LogP contribution in [0, 0.1) is 0 Å². The second-order valence-corrected chi connectivity index (χ2v) is 7.37. The van der Waals surface area contributed by atoms with Crippen molar-refractivity contribution in [1.82, 2.24) is 9.29 Å². The van der Waals surface area contributed by atoms with Crippen molar-refractivity contribution >= 4 is 31.8 Å². The molecule has 0 aliphatic rings.